The minimum Gasteiger partial charge on any atom is -0.411 e. The number of nitrogens with one attached hydrogen (secondary N) is 1. The summed E-state index contributed by atoms with van der Waals surface area (Å²) >= 11 is 0. The monoisotopic (exact) mass is 234 g/mol. The molecule has 2 aliphatic rings. The topological polar surface area (TPSA) is 44.6 Å². The third-order valence-corrected chi connectivity index (χ3v) is 3.98. The lowest BCUT2D eigenvalue weighted by molar-refractivity contribution is 0.312. The summed E-state index contributed by atoms with van der Waals surface area (Å²) in [6.07, 6.45) is 3.29. The van der Waals surface area contributed by atoms with Gasteiger partial charge >= 0.3 is 0 Å². The molecule has 0 aromatic heterocycles. The van der Waals surface area contributed by atoms with E-state index in [-0.39, 0.29) is 11.9 Å². The second-order valence-corrected chi connectivity index (χ2v) is 4.90. The maximum Gasteiger partial charge on any atom is 0.146 e. The summed E-state index contributed by atoms with van der Waals surface area (Å²) in [5.74, 6) is 0.604. The van der Waals surface area contributed by atoms with Crippen molar-refractivity contribution in [1.29, 1.82) is 0 Å². The normalized spacial score (nSPS) is 33.2. The molecule has 4 heteroatoms. The smallest absolute Gasteiger partial charge is 0.146 e. The number of nitrogens with zero attached hydrogens (tertiary/aromatic N) is 1. The fraction of sp³-hybridized carbons (Fsp3) is 0.462. The third-order valence-electron chi connectivity index (χ3n) is 3.98. The molecule has 2 bridgehead atoms. The van der Waals surface area contributed by atoms with E-state index in [1.54, 1.807) is 18.2 Å². The molecule has 3 nitrogen and oxygen atoms in total. The molecule has 0 aliphatic heterocycles. The largest absolute Gasteiger partial charge is 0.411 e. The number of para-hydroxylation sites is 1. The molecule has 90 valence electrons. The van der Waals surface area contributed by atoms with Crippen molar-refractivity contribution >= 4 is 11.4 Å². The molecule has 2 fully saturated rings. The molecule has 0 unspecified atom stereocenters. The van der Waals surface area contributed by atoms with Gasteiger partial charge in [-0.3, -0.25) is 0 Å². The van der Waals surface area contributed by atoms with Crippen molar-refractivity contribution in [2.24, 2.45) is 17.0 Å². The van der Waals surface area contributed by atoms with E-state index in [9.17, 15) is 4.39 Å². The second kappa shape index (κ2) is 4.02. The fourth-order valence-electron chi connectivity index (χ4n) is 3.16. The van der Waals surface area contributed by atoms with Crippen LogP contribution in [0.2, 0.25) is 0 Å². The van der Waals surface area contributed by atoms with Gasteiger partial charge in [-0.25, -0.2) is 4.39 Å². The standard InChI is InChI=1S/C13H15FN2O/c14-10-3-1-2-4-11(10)15-12-8-5-6-9(7-8)13(12)16-17/h1-4,8-9,12,15,17H,5-7H2/b16-13+/t8-,9+,12+/m1/s1. The van der Waals surface area contributed by atoms with Crippen LogP contribution < -0.4 is 5.32 Å². The molecular formula is C13H15FN2O. The maximum absolute atomic E-state index is 13.6. The van der Waals surface area contributed by atoms with Gasteiger partial charge in [-0.15, -0.1) is 0 Å². The van der Waals surface area contributed by atoms with E-state index in [0.717, 1.165) is 25.0 Å². The summed E-state index contributed by atoms with van der Waals surface area (Å²) in [5, 5.41) is 15.6. The van der Waals surface area contributed by atoms with Gasteiger partial charge < -0.3 is 10.5 Å². The number of hydrogen-bond donors (Lipinski definition) is 2. The van der Waals surface area contributed by atoms with Gasteiger partial charge in [0.15, 0.2) is 0 Å². The van der Waals surface area contributed by atoms with Crippen molar-refractivity contribution < 1.29 is 9.60 Å². The van der Waals surface area contributed by atoms with Crippen molar-refractivity contribution in [2.75, 3.05) is 5.32 Å². The van der Waals surface area contributed by atoms with Crippen LogP contribution in [0.5, 0.6) is 0 Å². The van der Waals surface area contributed by atoms with Crippen LogP contribution in [0.25, 0.3) is 0 Å². The first-order valence-corrected chi connectivity index (χ1v) is 6.02. The van der Waals surface area contributed by atoms with E-state index in [4.69, 9.17) is 5.21 Å². The summed E-state index contributed by atoms with van der Waals surface area (Å²) in [4.78, 5) is 0. The number of fused-ring (bicyclic) bond motifs is 2. The van der Waals surface area contributed by atoms with E-state index in [1.165, 1.54) is 6.07 Å². The van der Waals surface area contributed by atoms with Crippen molar-refractivity contribution in [3.63, 3.8) is 0 Å². The first-order chi connectivity index (χ1) is 8.29. The Morgan fingerprint density at radius 2 is 2.12 bits per heavy atom. The summed E-state index contributed by atoms with van der Waals surface area (Å²) in [7, 11) is 0. The Bertz CT molecular complexity index is 460. The van der Waals surface area contributed by atoms with E-state index >= 15 is 0 Å². The maximum atomic E-state index is 13.6. The van der Waals surface area contributed by atoms with Crippen molar-refractivity contribution in [3.05, 3.63) is 30.1 Å². The Balaban J connectivity index is 1.84. The molecule has 0 spiro atoms. The number of halogens is 1. The zero-order valence-electron chi connectivity index (χ0n) is 9.44. The molecule has 0 saturated heterocycles. The predicted octanol–water partition coefficient (Wildman–Crippen LogP) is 2.87. The van der Waals surface area contributed by atoms with Gasteiger partial charge in [0.05, 0.1) is 17.4 Å². The zero-order chi connectivity index (χ0) is 11.8. The molecule has 2 saturated carbocycles. The van der Waals surface area contributed by atoms with Crippen LogP contribution in [0, 0.1) is 17.7 Å². The van der Waals surface area contributed by atoms with Crippen molar-refractivity contribution in [2.45, 2.75) is 25.3 Å². The Labute approximate surface area is 99.3 Å². The minimum atomic E-state index is -0.257. The molecule has 0 amide bonds. The first kappa shape index (κ1) is 10.6. The van der Waals surface area contributed by atoms with Crippen LogP contribution >= 0.6 is 0 Å². The van der Waals surface area contributed by atoms with Gasteiger partial charge in [-0.2, -0.15) is 0 Å². The summed E-state index contributed by atoms with van der Waals surface area (Å²) < 4.78 is 13.6. The molecule has 0 radical (unpaired) electrons. The summed E-state index contributed by atoms with van der Waals surface area (Å²) in [6, 6.07) is 6.62. The lowest BCUT2D eigenvalue weighted by Gasteiger charge is -2.25. The molecule has 17 heavy (non-hydrogen) atoms. The Morgan fingerprint density at radius 1 is 1.29 bits per heavy atom. The van der Waals surface area contributed by atoms with Crippen LogP contribution in [0.1, 0.15) is 19.3 Å². The number of benzene rings is 1. The third kappa shape index (κ3) is 1.68. The highest BCUT2D eigenvalue weighted by Crippen LogP contribution is 2.44. The van der Waals surface area contributed by atoms with Crippen LogP contribution in [-0.2, 0) is 0 Å². The van der Waals surface area contributed by atoms with Crippen LogP contribution in [0.15, 0.2) is 29.4 Å². The molecule has 1 aromatic rings. The first-order valence-electron chi connectivity index (χ1n) is 6.02. The summed E-state index contributed by atoms with van der Waals surface area (Å²) in [5.41, 5.74) is 1.29. The van der Waals surface area contributed by atoms with Gasteiger partial charge in [0.25, 0.3) is 0 Å². The lowest BCUT2D eigenvalue weighted by atomic mass is 9.93. The van der Waals surface area contributed by atoms with Gasteiger partial charge in [0.1, 0.15) is 5.82 Å². The molecule has 0 heterocycles. The fourth-order valence-corrected chi connectivity index (χ4v) is 3.16. The minimum absolute atomic E-state index is 0.00403. The van der Waals surface area contributed by atoms with Gasteiger partial charge in [0, 0.05) is 5.92 Å². The van der Waals surface area contributed by atoms with Crippen LogP contribution in [-0.4, -0.2) is 17.0 Å². The molecule has 3 atom stereocenters. The average Bonchev–Trinajstić information content (AvgIpc) is 2.92. The zero-order valence-corrected chi connectivity index (χ0v) is 9.44. The highest BCUT2D eigenvalue weighted by molar-refractivity contribution is 5.96. The van der Waals surface area contributed by atoms with Gasteiger partial charge in [-0.05, 0) is 37.3 Å². The number of oxime groups is 1. The van der Waals surface area contributed by atoms with E-state index in [2.05, 4.69) is 10.5 Å². The average molecular weight is 234 g/mol. The van der Waals surface area contributed by atoms with E-state index in [0.29, 0.717) is 17.5 Å². The Kier molecular flexibility index (Phi) is 2.50. The molecule has 2 aliphatic carbocycles. The van der Waals surface area contributed by atoms with Crippen LogP contribution in [0.4, 0.5) is 10.1 Å². The van der Waals surface area contributed by atoms with E-state index < -0.39 is 0 Å². The molecule has 2 N–H and O–H groups in total. The second-order valence-electron chi connectivity index (χ2n) is 4.90. The highest BCUT2D eigenvalue weighted by atomic mass is 19.1. The van der Waals surface area contributed by atoms with Crippen LogP contribution in [0.3, 0.4) is 0 Å². The quantitative estimate of drug-likeness (QED) is 0.610. The molecule has 1 aromatic carbocycles. The molecule has 3 rings (SSSR count). The van der Waals surface area contributed by atoms with Crippen molar-refractivity contribution in [3.8, 4) is 0 Å². The van der Waals surface area contributed by atoms with Gasteiger partial charge in [0.2, 0.25) is 0 Å². The molecular weight excluding hydrogens is 219 g/mol. The Hall–Kier alpha value is -1.58. The number of hydrogen-bond acceptors (Lipinski definition) is 3. The van der Waals surface area contributed by atoms with Crippen molar-refractivity contribution in [1.82, 2.24) is 0 Å². The lowest BCUT2D eigenvalue weighted by Crippen LogP contribution is -2.35. The SMILES string of the molecule is O/N=C1\[C@H]2CC[C@H](C2)[C@@H]1Nc1ccccc1F. The van der Waals surface area contributed by atoms with E-state index in [1.807, 2.05) is 0 Å². The highest BCUT2D eigenvalue weighted by Gasteiger charge is 2.45. The summed E-state index contributed by atoms with van der Waals surface area (Å²) in [6.45, 7) is 0. The Morgan fingerprint density at radius 3 is 2.88 bits per heavy atom. The predicted molar refractivity (Wildman–Crippen MR) is 63.9 cm³/mol. The number of rotatable bonds is 2. The van der Waals surface area contributed by atoms with Gasteiger partial charge in [-0.1, -0.05) is 17.3 Å². The number of anilines is 1.